The maximum atomic E-state index is 11.9. The van der Waals surface area contributed by atoms with E-state index in [0.717, 1.165) is 0 Å². The number of para-hydroxylation sites is 1. The van der Waals surface area contributed by atoms with E-state index >= 15 is 0 Å². The number of phenols is 2. The van der Waals surface area contributed by atoms with Crippen LogP contribution < -0.4 is 5.32 Å². The van der Waals surface area contributed by atoms with Gasteiger partial charge in [0, 0.05) is 11.3 Å². The second-order valence-electron chi connectivity index (χ2n) is 4.12. The molecule has 0 atom stereocenters. The Labute approximate surface area is 114 Å². The fourth-order valence-corrected chi connectivity index (χ4v) is 1.65. The molecule has 0 aliphatic carbocycles. The highest BCUT2D eigenvalue weighted by atomic mass is 16.5. The number of aliphatic hydroxyl groups excluding tert-OH is 1. The molecule has 0 aromatic heterocycles. The molecule has 2 rings (SSSR count). The lowest BCUT2D eigenvalue weighted by Gasteiger charge is -2.09. The lowest BCUT2D eigenvalue weighted by molar-refractivity contribution is -0.0424. The van der Waals surface area contributed by atoms with Crippen molar-refractivity contribution in [3.05, 3.63) is 53.6 Å². The van der Waals surface area contributed by atoms with Gasteiger partial charge in [-0.15, -0.1) is 0 Å². The van der Waals surface area contributed by atoms with E-state index in [1.165, 1.54) is 42.5 Å². The van der Waals surface area contributed by atoms with Crippen LogP contribution in [0.5, 0.6) is 11.5 Å². The third-order valence-electron chi connectivity index (χ3n) is 2.73. The van der Waals surface area contributed by atoms with Gasteiger partial charge in [-0.25, -0.2) is 0 Å². The first-order chi connectivity index (χ1) is 9.49. The van der Waals surface area contributed by atoms with Crippen LogP contribution in [-0.4, -0.2) is 26.3 Å². The van der Waals surface area contributed by atoms with Crippen LogP contribution in [0, 0.1) is 0 Å². The summed E-state index contributed by atoms with van der Waals surface area (Å²) in [6.07, 6.45) is -1.57. The zero-order chi connectivity index (χ0) is 14.7. The van der Waals surface area contributed by atoms with Crippen molar-refractivity contribution in [3.8, 4) is 11.5 Å². The number of anilines is 1. The van der Waals surface area contributed by atoms with Gasteiger partial charge in [0.1, 0.15) is 0 Å². The molecule has 2 aromatic carbocycles. The summed E-state index contributed by atoms with van der Waals surface area (Å²) in [5.74, 6) is -1.46. The number of amides is 1. The number of phenolic OH excluding ortho intramolecular Hbond substituents is 2. The van der Waals surface area contributed by atoms with E-state index < -0.39 is 17.9 Å². The van der Waals surface area contributed by atoms with Gasteiger partial charge in [-0.1, -0.05) is 18.2 Å². The highest BCUT2D eigenvalue weighted by molar-refractivity contribution is 6.06. The Morgan fingerprint density at radius 3 is 2.25 bits per heavy atom. The van der Waals surface area contributed by atoms with E-state index in [9.17, 15) is 15.0 Å². The summed E-state index contributed by atoms with van der Waals surface area (Å²) in [6.45, 7) is 0. The molecule has 0 aliphatic heterocycles. The van der Waals surface area contributed by atoms with Crippen molar-refractivity contribution in [2.24, 2.45) is 0 Å². The predicted octanol–water partition coefficient (Wildman–Crippen LogP) is 1.33. The molecule has 20 heavy (non-hydrogen) atoms. The molecule has 0 heterocycles. The number of hydrogen-bond donors (Lipinski definition) is 5. The van der Waals surface area contributed by atoms with Crippen LogP contribution in [-0.2, 0) is 0 Å². The molecule has 0 radical (unpaired) electrons. The molecule has 0 aliphatic rings. The van der Waals surface area contributed by atoms with Gasteiger partial charge in [0.25, 0.3) is 5.91 Å². The van der Waals surface area contributed by atoms with E-state index in [4.69, 9.17) is 10.2 Å². The summed E-state index contributed by atoms with van der Waals surface area (Å²) in [5, 5.41) is 39.3. The van der Waals surface area contributed by atoms with Crippen LogP contribution >= 0.6 is 0 Å². The smallest absolute Gasteiger partial charge is 0.259 e. The predicted molar refractivity (Wildman–Crippen MR) is 71.3 cm³/mol. The van der Waals surface area contributed by atoms with Crippen LogP contribution in [0.2, 0.25) is 0 Å². The van der Waals surface area contributed by atoms with Crippen molar-refractivity contribution in [2.45, 2.75) is 6.29 Å². The summed E-state index contributed by atoms with van der Waals surface area (Å²) in [4.78, 5) is 11.9. The summed E-state index contributed by atoms with van der Waals surface area (Å²) in [5.41, 5.74) is 0.654. The van der Waals surface area contributed by atoms with Gasteiger partial charge >= 0.3 is 0 Å². The van der Waals surface area contributed by atoms with Crippen molar-refractivity contribution in [3.63, 3.8) is 0 Å². The van der Waals surface area contributed by atoms with Crippen LogP contribution in [0.4, 0.5) is 5.69 Å². The minimum Gasteiger partial charge on any atom is -0.504 e. The first-order valence-corrected chi connectivity index (χ1v) is 5.77. The van der Waals surface area contributed by atoms with Crippen molar-refractivity contribution in [1.82, 2.24) is 0 Å². The first-order valence-electron chi connectivity index (χ1n) is 5.77. The molecule has 2 aromatic rings. The minimum absolute atomic E-state index is 0.0590. The number of hydrogen-bond acceptors (Lipinski definition) is 5. The van der Waals surface area contributed by atoms with Crippen molar-refractivity contribution in [2.75, 3.05) is 5.32 Å². The zero-order valence-electron chi connectivity index (χ0n) is 10.3. The van der Waals surface area contributed by atoms with Crippen molar-refractivity contribution < 1.29 is 25.2 Å². The molecule has 6 heteroatoms. The topological polar surface area (TPSA) is 110 Å². The first kappa shape index (κ1) is 13.9. The van der Waals surface area contributed by atoms with Crippen LogP contribution in [0.3, 0.4) is 0 Å². The molecule has 0 bridgehead atoms. The number of rotatable bonds is 3. The number of aliphatic hydroxyl groups is 2. The molecule has 0 unspecified atom stereocenters. The fourth-order valence-electron chi connectivity index (χ4n) is 1.65. The lowest BCUT2D eigenvalue weighted by Crippen LogP contribution is -2.12. The van der Waals surface area contributed by atoms with Gasteiger partial charge < -0.3 is 25.7 Å². The Kier molecular flexibility index (Phi) is 3.88. The standard InChI is InChI=1S/C14H13NO5/c16-11-3-1-2-10(12(11)17)13(18)15-9-6-4-8(5-7-9)14(19)20/h1-7,14,16-17,19-20H,(H,15,18). The lowest BCUT2D eigenvalue weighted by atomic mass is 10.1. The fraction of sp³-hybridized carbons (Fsp3) is 0.0714. The SMILES string of the molecule is O=C(Nc1ccc(C(O)O)cc1)c1cccc(O)c1O. The molecule has 6 nitrogen and oxygen atoms in total. The van der Waals surface area contributed by atoms with E-state index in [0.29, 0.717) is 11.3 Å². The quantitative estimate of drug-likeness (QED) is 0.429. The van der Waals surface area contributed by atoms with Crippen molar-refractivity contribution >= 4 is 11.6 Å². The number of carbonyl (C=O) groups is 1. The summed E-state index contributed by atoms with van der Waals surface area (Å²) in [6, 6.07) is 9.96. The average Bonchev–Trinajstić information content (AvgIpc) is 2.42. The highest BCUT2D eigenvalue weighted by Crippen LogP contribution is 2.28. The largest absolute Gasteiger partial charge is 0.504 e. The molecule has 5 N–H and O–H groups in total. The van der Waals surface area contributed by atoms with E-state index in [2.05, 4.69) is 5.32 Å². The molecule has 0 fully saturated rings. The Bertz CT molecular complexity index is 622. The number of carbonyl (C=O) groups excluding carboxylic acids is 1. The number of nitrogens with one attached hydrogen (secondary N) is 1. The summed E-state index contributed by atoms with van der Waals surface area (Å²) in [7, 11) is 0. The van der Waals surface area contributed by atoms with Gasteiger partial charge in [-0.2, -0.15) is 0 Å². The second-order valence-corrected chi connectivity index (χ2v) is 4.12. The normalized spacial score (nSPS) is 10.6. The van der Waals surface area contributed by atoms with Gasteiger partial charge in [0.05, 0.1) is 5.56 Å². The minimum atomic E-state index is -1.57. The Morgan fingerprint density at radius 1 is 1.00 bits per heavy atom. The van der Waals surface area contributed by atoms with Gasteiger partial charge in [0.15, 0.2) is 17.8 Å². The molecule has 104 valence electrons. The summed E-state index contributed by atoms with van der Waals surface area (Å²) >= 11 is 0. The average molecular weight is 275 g/mol. The summed E-state index contributed by atoms with van der Waals surface area (Å²) < 4.78 is 0. The monoisotopic (exact) mass is 275 g/mol. The van der Waals surface area contributed by atoms with Crippen LogP contribution in [0.1, 0.15) is 22.2 Å². The van der Waals surface area contributed by atoms with Gasteiger partial charge in [0.2, 0.25) is 0 Å². The Morgan fingerprint density at radius 2 is 1.65 bits per heavy atom. The molecule has 1 amide bonds. The van der Waals surface area contributed by atoms with Gasteiger partial charge in [-0.3, -0.25) is 4.79 Å². The van der Waals surface area contributed by atoms with Crippen LogP contribution in [0.25, 0.3) is 0 Å². The third-order valence-corrected chi connectivity index (χ3v) is 2.73. The molecule has 0 saturated carbocycles. The maximum absolute atomic E-state index is 11.9. The van der Waals surface area contributed by atoms with E-state index in [1.54, 1.807) is 0 Å². The molecule has 0 spiro atoms. The highest BCUT2D eigenvalue weighted by Gasteiger charge is 2.14. The zero-order valence-corrected chi connectivity index (χ0v) is 10.3. The van der Waals surface area contributed by atoms with E-state index in [-0.39, 0.29) is 11.3 Å². The number of aromatic hydroxyl groups is 2. The second kappa shape index (κ2) is 5.60. The molecular formula is C14H13NO5. The van der Waals surface area contributed by atoms with Crippen LogP contribution in [0.15, 0.2) is 42.5 Å². The number of benzene rings is 2. The maximum Gasteiger partial charge on any atom is 0.259 e. The van der Waals surface area contributed by atoms with Gasteiger partial charge in [-0.05, 0) is 24.3 Å². The molecular weight excluding hydrogens is 262 g/mol. The van der Waals surface area contributed by atoms with Crippen molar-refractivity contribution in [1.29, 1.82) is 0 Å². The third kappa shape index (κ3) is 2.87. The van der Waals surface area contributed by atoms with E-state index in [1.807, 2.05) is 0 Å². The Hall–Kier alpha value is -2.57. The Balaban J connectivity index is 2.17. The molecule has 0 saturated heterocycles.